The van der Waals surface area contributed by atoms with E-state index in [9.17, 15) is 0 Å². The minimum Gasteiger partial charge on any atom is -0.489 e. The number of hydrogen-bond donors (Lipinski definition) is 1. The summed E-state index contributed by atoms with van der Waals surface area (Å²) in [6.45, 7) is 0.518. The smallest absolute Gasteiger partial charge is 0.143 e. The third-order valence-electron chi connectivity index (χ3n) is 4.33. The first-order chi connectivity index (χ1) is 9.58. The second-order valence-corrected chi connectivity index (χ2v) is 6.60. The molecule has 3 rings (SSSR count). The SMILES string of the molecule is Nc1cc(Cl)c(Cl)cc1OCC1CCC2(CCCC2)O1. The van der Waals surface area contributed by atoms with E-state index in [0.29, 0.717) is 28.1 Å². The molecule has 0 radical (unpaired) electrons. The van der Waals surface area contributed by atoms with Crippen molar-refractivity contribution in [2.75, 3.05) is 12.3 Å². The first kappa shape index (κ1) is 14.3. The molecule has 2 N–H and O–H groups in total. The van der Waals surface area contributed by atoms with Crippen LogP contribution < -0.4 is 10.5 Å². The van der Waals surface area contributed by atoms with Crippen LogP contribution in [-0.4, -0.2) is 18.3 Å². The van der Waals surface area contributed by atoms with Crippen LogP contribution in [0.2, 0.25) is 10.0 Å². The van der Waals surface area contributed by atoms with Gasteiger partial charge in [-0.1, -0.05) is 36.0 Å². The van der Waals surface area contributed by atoms with Crippen molar-refractivity contribution in [3.63, 3.8) is 0 Å². The van der Waals surface area contributed by atoms with Gasteiger partial charge in [0.2, 0.25) is 0 Å². The van der Waals surface area contributed by atoms with E-state index in [1.54, 1.807) is 12.1 Å². The lowest BCUT2D eigenvalue weighted by Gasteiger charge is -2.24. The molecule has 0 aromatic heterocycles. The Bertz CT molecular complexity index is 501. The number of anilines is 1. The molecule has 3 nitrogen and oxygen atoms in total. The maximum Gasteiger partial charge on any atom is 0.143 e. The molecular formula is C15H19Cl2NO2. The Morgan fingerprint density at radius 3 is 2.65 bits per heavy atom. The molecule has 2 fully saturated rings. The molecule has 1 heterocycles. The number of hydrogen-bond acceptors (Lipinski definition) is 3. The maximum absolute atomic E-state index is 6.20. The Morgan fingerprint density at radius 1 is 1.20 bits per heavy atom. The van der Waals surface area contributed by atoms with Crippen molar-refractivity contribution in [3.05, 3.63) is 22.2 Å². The summed E-state index contributed by atoms with van der Waals surface area (Å²) in [5.41, 5.74) is 6.53. The number of halogens is 2. The summed E-state index contributed by atoms with van der Waals surface area (Å²) >= 11 is 11.9. The van der Waals surface area contributed by atoms with Gasteiger partial charge in [0.25, 0.3) is 0 Å². The van der Waals surface area contributed by atoms with E-state index in [4.69, 9.17) is 38.4 Å². The third-order valence-corrected chi connectivity index (χ3v) is 5.05. The van der Waals surface area contributed by atoms with Gasteiger partial charge in [0.05, 0.1) is 27.4 Å². The first-order valence-corrected chi connectivity index (χ1v) is 7.89. The molecule has 1 atom stereocenters. The van der Waals surface area contributed by atoms with E-state index in [0.717, 1.165) is 12.8 Å². The molecule has 1 aromatic carbocycles. The van der Waals surface area contributed by atoms with Gasteiger partial charge in [0.15, 0.2) is 0 Å². The number of nitrogens with two attached hydrogens (primary N) is 1. The number of ether oxygens (including phenoxy) is 2. The molecule has 1 saturated heterocycles. The minimum absolute atomic E-state index is 0.136. The monoisotopic (exact) mass is 315 g/mol. The summed E-state index contributed by atoms with van der Waals surface area (Å²) in [6.07, 6.45) is 7.32. The molecular weight excluding hydrogens is 297 g/mol. The van der Waals surface area contributed by atoms with E-state index in [1.165, 1.54) is 25.7 Å². The second kappa shape index (κ2) is 5.63. The fourth-order valence-electron chi connectivity index (χ4n) is 3.25. The van der Waals surface area contributed by atoms with Crippen molar-refractivity contribution in [2.24, 2.45) is 0 Å². The van der Waals surface area contributed by atoms with E-state index < -0.39 is 0 Å². The summed E-state index contributed by atoms with van der Waals surface area (Å²) in [7, 11) is 0. The standard InChI is InChI=1S/C15H19Cl2NO2/c16-11-7-13(18)14(8-12(11)17)19-9-10-3-6-15(20-10)4-1-2-5-15/h7-8,10H,1-6,9,18H2. The molecule has 0 amide bonds. The van der Waals surface area contributed by atoms with Gasteiger partial charge in [-0.05, 0) is 31.7 Å². The Hall–Kier alpha value is -0.640. The van der Waals surface area contributed by atoms with Gasteiger partial charge in [-0.2, -0.15) is 0 Å². The molecule has 5 heteroatoms. The van der Waals surface area contributed by atoms with Gasteiger partial charge in [-0.15, -0.1) is 0 Å². The van der Waals surface area contributed by atoms with Crippen molar-refractivity contribution in [1.82, 2.24) is 0 Å². The predicted octanol–water partition coefficient (Wildman–Crippen LogP) is 4.45. The summed E-state index contributed by atoms with van der Waals surface area (Å²) in [6, 6.07) is 3.28. The number of nitrogen functional groups attached to an aromatic ring is 1. The molecule has 20 heavy (non-hydrogen) atoms. The topological polar surface area (TPSA) is 44.5 Å². The minimum atomic E-state index is 0.136. The Kier molecular flexibility index (Phi) is 4.02. The highest BCUT2D eigenvalue weighted by Crippen LogP contribution is 2.43. The van der Waals surface area contributed by atoms with Crippen LogP contribution >= 0.6 is 23.2 Å². The lowest BCUT2D eigenvalue weighted by molar-refractivity contribution is -0.0507. The Morgan fingerprint density at radius 2 is 1.90 bits per heavy atom. The van der Waals surface area contributed by atoms with Crippen molar-refractivity contribution < 1.29 is 9.47 Å². The summed E-state index contributed by atoms with van der Waals surface area (Å²) < 4.78 is 12.0. The zero-order valence-electron chi connectivity index (χ0n) is 11.3. The van der Waals surface area contributed by atoms with Crippen LogP contribution in [0.5, 0.6) is 5.75 Å². The molecule has 110 valence electrons. The van der Waals surface area contributed by atoms with E-state index in [2.05, 4.69) is 0 Å². The van der Waals surface area contributed by atoms with Gasteiger partial charge in [0.1, 0.15) is 12.4 Å². The molecule has 1 spiro atoms. The summed E-state index contributed by atoms with van der Waals surface area (Å²) in [5, 5.41) is 0.897. The average molecular weight is 316 g/mol. The quantitative estimate of drug-likeness (QED) is 0.838. The van der Waals surface area contributed by atoms with Crippen LogP contribution in [0, 0.1) is 0 Å². The fourth-order valence-corrected chi connectivity index (χ4v) is 3.58. The van der Waals surface area contributed by atoms with E-state index >= 15 is 0 Å². The Balaban J connectivity index is 1.59. The van der Waals surface area contributed by atoms with Crippen molar-refractivity contribution in [1.29, 1.82) is 0 Å². The summed E-state index contributed by atoms with van der Waals surface area (Å²) in [4.78, 5) is 0. The van der Waals surface area contributed by atoms with Crippen LogP contribution in [0.1, 0.15) is 38.5 Å². The van der Waals surface area contributed by atoms with Gasteiger partial charge in [0, 0.05) is 6.07 Å². The van der Waals surface area contributed by atoms with Crippen LogP contribution in [0.25, 0.3) is 0 Å². The van der Waals surface area contributed by atoms with Crippen LogP contribution in [0.15, 0.2) is 12.1 Å². The second-order valence-electron chi connectivity index (χ2n) is 5.78. The highest BCUT2D eigenvalue weighted by molar-refractivity contribution is 6.42. The zero-order valence-corrected chi connectivity index (χ0v) is 12.8. The van der Waals surface area contributed by atoms with E-state index in [1.807, 2.05) is 0 Å². The van der Waals surface area contributed by atoms with Gasteiger partial charge < -0.3 is 15.2 Å². The highest BCUT2D eigenvalue weighted by Gasteiger charge is 2.42. The van der Waals surface area contributed by atoms with Crippen LogP contribution in [-0.2, 0) is 4.74 Å². The van der Waals surface area contributed by atoms with Crippen molar-refractivity contribution in [2.45, 2.75) is 50.2 Å². The van der Waals surface area contributed by atoms with E-state index in [-0.39, 0.29) is 11.7 Å². The number of benzene rings is 1. The largest absolute Gasteiger partial charge is 0.489 e. The lowest BCUT2D eigenvalue weighted by Crippen LogP contribution is -2.27. The molecule has 0 bridgehead atoms. The number of rotatable bonds is 3. The van der Waals surface area contributed by atoms with Crippen LogP contribution in [0.3, 0.4) is 0 Å². The first-order valence-electron chi connectivity index (χ1n) is 7.13. The van der Waals surface area contributed by atoms with Crippen LogP contribution in [0.4, 0.5) is 5.69 Å². The molecule has 1 aliphatic heterocycles. The lowest BCUT2D eigenvalue weighted by atomic mass is 9.98. The van der Waals surface area contributed by atoms with Gasteiger partial charge in [-0.25, -0.2) is 0 Å². The Labute approximate surface area is 129 Å². The average Bonchev–Trinajstić information content (AvgIpc) is 3.03. The maximum atomic E-state index is 6.20. The third kappa shape index (κ3) is 2.85. The molecule has 1 saturated carbocycles. The molecule has 1 aliphatic carbocycles. The van der Waals surface area contributed by atoms with Crippen molar-refractivity contribution in [3.8, 4) is 5.75 Å². The van der Waals surface area contributed by atoms with Crippen molar-refractivity contribution >= 4 is 28.9 Å². The zero-order chi connectivity index (χ0) is 14.2. The molecule has 2 aliphatic rings. The molecule has 1 aromatic rings. The highest BCUT2D eigenvalue weighted by atomic mass is 35.5. The fraction of sp³-hybridized carbons (Fsp3) is 0.600. The van der Waals surface area contributed by atoms with Gasteiger partial charge >= 0.3 is 0 Å². The predicted molar refractivity (Wildman–Crippen MR) is 81.7 cm³/mol. The van der Waals surface area contributed by atoms with Gasteiger partial charge in [-0.3, -0.25) is 0 Å². The molecule has 1 unspecified atom stereocenters. The normalized spacial score (nSPS) is 24.4. The summed E-state index contributed by atoms with van der Waals surface area (Å²) in [5.74, 6) is 0.579.